The zero-order valence-electron chi connectivity index (χ0n) is 20.6. The SMILES string of the molecule is O=C(NC1CCCCC1)[C@H](c1ccc(F)cc1)N(Cc1ccccc1)C(=O)Cn1nnc2ccccc21. The molecule has 0 spiro atoms. The van der Waals surface area contributed by atoms with Crippen LogP contribution in [0.15, 0.2) is 78.9 Å². The lowest BCUT2D eigenvalue weighted by molar-refractivity contribution is -0.142. The smallest absolute Gasteiger partial charge is 0.247 e. The first-order valence-electron chi connectivity index (χ1n) is 12.8. The Labute approximate surface area is 215 Å². The molecule has 4 aromatic rings. The third-order valence-electron chi connectivity index (χ3n) is 6.92. The maximum Gasteiger partial charge on any atom is 0.247 e. The molecule has 1 N–H and O–H groups in total. The predicted octanol–water partition coefficient (Wildman–Crippen LogP) is 4.79. The molecule has 0 radical (unpaired) electrons. The van der Waals surface area contributed by atoms with Gasteiger partial charge in [-0.3, -0.25) is 9.59 Å². The zero-order chi connectivity index (χ0) is 25.6. The maximum absolute atomic E-state index is 13.9. The third-order valence-corrected chi connectivity index (χ3v) is 6.92. The van der Waals surface area contributed by atoms with E-state index in [1.54, 1.807) is 21.7 Å². The van der Waals surface area contributed by atoms with E-state index in [-0.39, 0.29) is 30.9 Å². The molecule has 1 aromatic heterocycles. The highest BCUT2D eigenvalue weighted by Crippen LogP contribution is 2.27. The molecule has 2 amide bonds. The number of amides is 2. The van der Waals surface area contributed by atoms with E-state index in [2.05, 4.69) is 15.6 Å². The summed E-state index contributed by atoms with van der Waals surface area (Å²) in [6.07, 6.45) is 5.13. The van der Waals surface area contributed by atoms with Crippen LogP contribution in [0.25, 0.3) is 11.0 Å². The van der Waals surface area contributed by atoms with Crippen LogP contribution in [-0.4, -0.2) is 37.7 Å². The van der Waals surface area contributed by atoms with Crippen LogP contribution in [-0.2, 0) is 22.7 Å². The van der Waals surface area contributed by atoms with Gasteiger partial charge >= 0.3 is 0 Å². The van der Waals surface area contributed by atoms with Crippen molar-refractivity contribution in [1.29, 1.82) is 0 Å². The van der Waals surface area contributed by atoms with E-state index in [1.165, 1.54) is 12.1 Å². The lowest BCUT2D eigenvalue weighted by Gasteiger charge is -2.33. The van der Waals surface area contributed by atoms with E-state index in [1.807, 2.05) is 54.6 Å². The van der Waals surface area contributed by atoms with Crippen molar-refractivity contribution >= 4 is 22.8 Å². The van der Waals surface area contributed by atoms with E-state index < -0.39 is 11.9 Å². The van der Waals surface area contributed by atoms with Crippen LogP contribution in [0.3, 0.4) is 0 Å². The Balaban J connectivity index is 1.50. The molecule has 0 unspecified atom stereocenters. The van der Waals surface area contributed by atoms with E-state index in [4.69, 9.17) is 0 Å². The van der Waals surface area contributed by atoms with Crippen LogP contribution < -0.4 is 5.32 Å². The number of hydrogen-bond donors (Lipinski definition) is 1. The summed E-state index contributed by atoms with van der Waals surface area (Å²) in [6.45, 7) is 0.133. The van der Waals surface area contributed by atoms with Crippen molar-refractivity contribution < 1.29 is 14.0 Å². The van der Waals surface area contributed by atoms with Gasteiger partial charge in [0.15, 0.2) is 0 Å². The van der Waals surface area contributed by atoms with Crippen molar-refractivity contribution in [3.05, 3.63) is 95.8 Å². The molecule has 0 aliphatic heterocycles. The first-order valence-corrected chi connectivity index (χ1v) is 12.8. The van der Waals surface area contributed by atoms with Gasteiger partial charge < -0.3 is 10.2 Å². The second kappa shape index (κ2) is 11.3. The van der Waals surface area contributed by atoms with E-state index in [0.717, 1.165) is 43.2 Å². The number of rotatable bonds is 8. The van der Waals surface area contributed by atoms with Gasteiger partial charge in [-0.1, -0.05) is 79.1 Å². The number of carbonyl (C=O) groups excluding carboxylic acids is 2. The van der Waals surface area contributed by atoms with Crippen LogP contribution >= 0.6 is 0 Å². The molecule has 5 rings (SSSR count). The first-order chi connectivity index (χ1) is 18.1. The topological polar surface area (TPSA) is 80.1 Å². The molecule has 0 bridgehead atoms. The summed E-state index contributed by atoms with van der Waals surface area (Å²) in [4.78, 5) is 29.3. The van der Waals surface area contributed by atoms with Gasteiger partial charge in [0.1, 0.15) is 23.9 Å². The van der Waals surface area contributed by atoms with E-state index in [0.29, 0.717) is 11.1 Å². The molecule has 37 heavy (non-hydrogen) atoms. The Morgan fingerprint density at radius 3 is 2.41 bits per heavy atom. The molecule has 1 saturated carbocycles. The summed E-state index contributed by atoms with van der Waals surface area (Å²) in [5, 5.41) is 11.5. The molecular formula is C29H30FN5O2. The summed E-state index contributed by atoms with van der Waals surface area (Å²) in [5.41, 5.74) is 2.87. The summed E-state index contributed by atoms with van der Waals surface area (Å²) in [7, 11) is 0. The standard InChI is InChI=1S/C29H30FN5O2/c30-23-17-15-22(16-18-23)28(29(37)31-24-11-5-2-6-12-24)34(19-21-9-3-1-4-10-21)27(36)20-35-26-14-8-7-13-25(26)32-33-35/h1,3-4,7-10,13-18,24,28H,2,5-6,11-12,19-20H2,(H,31,37)/t28-/m0/s1. The Bertz CT molecular complexity index is 1350. The van der Waals surface area contributed by atoms with Gasteiger partial charge in [0.2, 0.25) is 11.8 Å². The summed E-state index contributed by atoms with van der Waals surface area (Å²) in [6, 6.07) is 21.9. The van der Waals surface area contributed by atoms with Gasteiger partial charge in [-0.15, -0.1) is 5.10 Å². The minimum atomic E-state index is -0.926. The zero-order valence-corrected chi connectivity index (χ0v) is 20.6. The Morgan fingerprint density at radius 2 is 1.65 bits per heavy atom. The molecule has 3 aromatic carbocycles. The van der Waals surface area contributed by atoms with Gasteiger partial charge in [0, 0.05) is 12.6 Å². The molecule has 1 aliphatic carbocycles. The van der Waals surface area contributed by atoms with Crippen LogP contribution in [0.5, 0.6) is 0 Å². The average molecular weight is 500 g/mol. The third kappa shape index (κ3) is 5.85. The number of carbonyl (C=O) groups is 2. The lowest BCUT2D eigenvalue weighted by atomic mass is 9.94. The number of nitrogens with zero attached hydrogens (tertiary/aromatic N) is 4. The first kappa shape index (κ1) is 24.6. The Hall–Kier alpha value is -4.07. The highest BCUT2D eigenvalue weighted by atomic mass is 19.1. The molecule has 7 nitrogen and oxygen atoms in total. The van der Waals surface area contributed by atoms with E-state index >= 15 is 0 Å². The number of halogens is 1. The van der Waals surface area contributed by atoms with Gasteiger partial charge in [-0.05, 0) is 48.2 Å². The largest absolute Gasteiger partial charge is 0.351 e. The number of hydrogen-bond acceptors (Lipinski definition) is 4. The number of nitrogens with one attached hydrogen (secondary N) is 1. The van der Waals surface area contributed by atoms with Crippen molar-refractivity contribution in [3.63, 3.8) is 0 Å². The second-order valence-electron chi connectivity index (χ2n) is 9.54. The minimum Gasteiger partial charge on any atom is -0.351 e. The number of fused-ring (bicyclic) bond motifs is 1. The normalized spacial score (nSPS) is 14.8. The molecule has 0 saturated heterocycles. The minimum absolute atomic E-state index is 0.0668. The summed E-state index contributed by atoms with van der Waals surface area (Å²) >= 11 is 0. The van der Waals surface area contributed by atoms with Crippen molar-refractivity contribution in [3.8, 4) is 0 Å². The fraction of sp³-hybridized carbons (Fsp3) is 0.310. The van der Waals surface area contributed by atoms with Crippen LogP contribution in [0.4, 0.5) is 4.39 Å². The maximum atomic E-state index is 13.9. The van der Waals surface area contributed by atoms with Crippen molar-refractivity contribution in [2.45, 2.75) is 57.3 Å². The number of para-hydroxylation sites is 1. The van der Waals surface area contributed by atoms with Crippen molar-refractivity contribution in [2.75, 3.05) is 0 Å². The van der Waals surface area contributed by atoms with Crippen LogP contribution in [0.1, 0.15) is 49.3 Å². The molecule has 1 atom stereocenters. The Morgan fingerprint density at radius 1 is 0.946 bits per heavy atom. The second-order valence-corrected chi connectivity index (χ2v) is 9.54. The molecular weight excluding hydrogens is 469 g/mol. The highest BCUT2D eigenvalue weighted by molar-refractivity contribution is 5.89. The molecule has 8 heteroatoms. The van der Waals surface area contributed by atoms with Gasteiger partial charge in [0.05, 0.1) is 5.52 Å². The fourth-order valence-electron chi connectivity index (χ4n) is 5.00. The van der Waals surface area contributed by atoms with Crippen molar-refractivity contribution in [1.82, 2.24) is 25.2 Å². The predicted molar refractivity (Wildman–Crippen MR) is 139 cm³/mol. The van der Waals surface area contributed by atoms with Crippen LogP contribution in [0.2, 0.25) is 0 Å². The molecule has 1 heterocycles. The molecule has 1 fully saturated rings. The van der Waals surface area contributed by atoms with E-state index in [9.17, 15) is 14.0 Å². The van der Waals surface area contributed by atoms with Gasteiger partial charge in [0.25, 0.3) is 0 Å². The van der Waals surface area contributed by atoms with Crippen molar-refractivity contribution in [2.24, 2.45) is 0 Å². The Kier molecular flexibility index (Phi) is 7.54. The molecule has 1 aliphatic rings. The quantitative estimate of drug-likeness (QED) is 0.378. The number of aromatic nitrogens is 3. The molecule has 190 valence electrons. The average Bonchev–Trinajstić information content (AvgIpc) is 3.33. The highest BCUT2D eigenvalue weighted by Gasteiger charge is 2.33. The van der Waals surface area contributed by atoms with Gasteiger partial charge in [-0.25, -0.2) is 9.07 Å². The van der Waals surface area contributed by atoms with Gasteiger partial charge in [-0.2, -0.15) is 0 Å². The summed E-state index contributed by atoms with van der Waals surface area (Å²) in [5.74, 6) is -0.941. The lowest BCUT2D eigenvalue weighted by Crippen LogP contribution is -2.47. The monoisotopic (exact) mass is 499 g/mol. The summed E-state index contributed by atoms with van der Waals surface area (Å²) < 4.78 is 15.4. The number of benzene rings is 3. The van der Waals surface area contributed by atoms with Crippen LogP contribution in [0, 0.1) is 5.82 Å². The fourth-order valence-corrected chi connectivity index (χ4v) is 5.00.